The molecule has 1 atom stereocenters. The SMILES string of the molecule is COc1ccccc1S(=O)(=O)Nc1cc(OC(C)c2ccccn2)c2c(c1)C1(CCC1)C(=O)C2. The molecule has 0 amide bonds. The Morgan fingerprint density at radius 1 is 1.06 bits per heavy atom. The Labute approximate surface area is 199 Å². The first-order valence-corrected chi connectivity index (χ1v) is 12.8. The van der Waals surface area contributed by atoms with Gasteiger partial charge in [0.15, 0.2) is 0 Å². The third kappa shape index (κ3) is 3.72. The Balaban J connectivity index is 1.56. The largest absolute Gasteiger partial charge is 0.495 e. The quantitative estimate of drug-likeness (QED) is 0.534. The molecular formula is C26H26N2O5S. The Hall–Kier alpha value is -3.39. The van der Waals surface area contributed by atoms with Crippen LogP contribution in [0.15, 0.2) is 65.7 Å². The summed E-state index contributed by atoms with van der Waals surface area (Å²) >= 11 is 0. The molecule has 5 rings (SSSR count). The van der Waals surface area contributed by atoms with Crippen LogP contribution in [0.4, 0.5) is 5.69 Å². The van der Waals surface area contributed by atoms with Crippen molar-refractivity contribution in [3.05, 3.63) is 77.6 Å². The number of sulfonamides is 1. The lowest BCUT2D eigenvalue weighted by molar-refractivity contribution is -0.125. The number of para-hydroxylation sites is 1. The fourth-order valence-corrected chi connectivity index (χ4v) is 6.11. The molecule has 1 fully saturated rings. The number of Topliss-reactive ketones (excluding diaryl/α,β-unsaturated/α-hetero) is 1. The number of ketones is 1. The van der Waals surface area contributed by atoms with Gasteiger partial charge in [0.2, 0.25) is 0 Å². The van der Waals surface area contributed by atoms with Crippen LogP contribution in [0.25, 0.3) is 0 Å². The second kappa shape index (κ2) is 8.43. The summed E-state index contributed by atoms with van der Waals surface area (Å²) < 4.78 is 40.7. The maximum absolute atomic E-state index is 13.2. The third-order valence-corrected chi connectivity index (χ3v) is 8.24. The van der Waals surface area contributed by atoms with E-state index < -0.39 is 15.4 Å². The van der Waals surface area contributed by atoms with Crippen molar-refractivity contribution in [3.63, 3.8) is 0 Å². The van der Waals surface area contributed by atoms with Gasteiger partial charge >= 0.3 is 0 Å². The molecule has 1 unspecified atom stereocenters. The molecule has 0 bridgehead atoms. The molecule has 0 radical (unpaired) electrons. The fourth-order valence-electron chi connectivity index (χ4n) is 4.90. The number of hydrogen-bond donors (Lipinski definition) is 1. The van der Waals surface area contributed by atoms with Crippen molar-refractivity contribution in [2.24, 2.45) is 0 Å². The highest BCUT2D eigenvalue weighted by Crippen LogP contribution is 2.53. The number of methoxy groups -OCH3 is 1. The minimum Gasteiger partial charge on any atom is -0.495 e. The average molecular weight is 479 g/mol. The zero-order valence-corrected chi connectivity index (χ0v) is 19.9. The molecule has 0 saturated heterocycles. The highest BCUT2D eigenvalue weighted by atomic mass is 32.2. The summed E-state index contributed by atoms with van der Waals surface area (Å²) in [5.41, 5.74) is 2.28. The molecular weight excluding hydrogens is 452 g/mol. The Morgan fingerprint density at radius 3 is 2.50 bits per heavy atom. The topological polar surface area (TPSA) is 94.6 Å². The van der Waals surface area contributed by atoms with Gasteiger partial charge in [-0.15, -0.1) is 0 Å². The molecule has 0 aliphatic heterocycles. The van der Waals surface area contributed by atoms with E-state index in [-0.39, 0.29) is 22.5 Å². The molecule has 2 aromatic carbocycles. The normalized spacial score (nSPS) is 17.1. The molecule has 1 saturated carbocycles. The summed E-state index contributed by atoms with van der Waals surface area (Å²) in [7, 11) is -2.51. The van der Waals surface area contributed by atoms with Crippen LogP contribution in [0.2, 0.25) is 0 Å². The van der Waals surface area contributed by atoms with Crippen molar-refractivity contribution < 1.29 is 22.7 Å². The number of carbonyl (C=O) groups excluding carboxylic acids is 1. The van der Waals surface area contributed by atoms with Crippen LogP contribution in [0.3, 0.4) is 0 Å². The van der Waals surface area contributed by atoms with Gasteiger partial charge in [0.1, 0.15) is 28.3 Å². The maximum atomic E-state index is 13.2. The van der Waals surface area contributed by atoms with Gasteiger partial charge in [-0.1, -0.05) is 24.6 Å². The highest BCUT2D eigenvalue weighted by Gasteiger charge is 2.51. The first-order chi connectivity index (χ1) is 16.3. The number of carbonyl (C=O) groups is 1. The Morgan fingerprint density at radius 2 is 1.82 bits per heavy atom. The molecule has 1 N–H and O–H groups in total. The Kier molecular flexibility index (Phi) is 5.56. The van der Waals surface area contributed by atoms with Gasteiger partial charge in [-0.2, -0.15) is 0 Å². The van der Waals surface area contributed by atoms with Crippen LogP contribution in [0.5, 0.6) is 11.5 Å². The van der Waals surface area contributed by atoms with Crippen molar-refractivity contribution in [1.82, 2.24) is 4.98 Å². The minimum atomic E-state index is -3.94. The molecule has 2 aliphatic rings. The second-order valence-corrected chi connectivity index (χ2v) is 10.5. The molecule has 1 spiro atoms. The van der Waals surface area contributed by atoms with E-state index >= 15 is 0 Å². The molecule has 3 aromatic rings. The lowest BCUT2D eigenvalue weighted by Gasteiger charge is -2.37. The number of benzene rings is 2. The standard InChI is InChI=1S/C26H26N2O5S/c1-17(21-8-5-6-13-27-21)33-23-15-18(14-20-19(23)16-25(29)26(20)11-7-12-26)28-34(30,31)24-10-4-3-9-22(24)32-2/h3-6,8-10,13-15,17,28H,7,11-12,16H2,1-2H3. The molecule has 176 valence electrons. The maximum Gasteiger partial charge on any atom is 0.265 e. The van der Waals surface area contributed by atoms with Crippen molar-refractivity contribution in [2.45, 2.75) is 49.0 Å². The van der Waals surface area contributed by atoms with Gasteiger partial charge < -0.3 is 9.47 Å². The number of pyridine rings is 1. The highest BCUT2D eigenvalue weighted by molar-refractivity contribution is 7.92. The van der Waals surface area contributed by atoms with Crippen molar-refractivity contribution >= 4 is 21.5 Å². The van der Waals surface area contributed by atoms with E-state index in [1.54, 1.807) is 36.5 Å². The second-order valence-electron chi connectivity index (χ2n) is 8.81. The van der Waals surface area contributed by atoms with Gasteiger partial charge in [0.25, 0.3) is 10.0 Å². The van der Waals surface area contributed by atoms with E-state index in [4.69, 9.17) is 9.47 Å². The molecule has 1 aromatic heterocycles. The number of rotatable bonds is 7. The lowest BCUT2D eigenvalue weighted by Crippen LogP contribution is -2.39. The summed E-state index contributed by atoms with van der Waals surface area (Å²) in [6.45, 7) is 1.89. The van der Waals surface area contributed by atoms with Crippen LogP contribution in [0.1, 0.15) is 49.1 Å². The monoisotopic (exact) mass is 478 g/mol. The third-order valence-electron chi connectivity index (χ3n) is 6.82. The van der Waals surface area contributed by atoms with Gasteiger partial charge in [-0.3, -0.25) is 14.5 Å². The number of anilines is 1. The summed E-state index contributed by atoms with van der Waals surface area (Å²) in [4.78, 5) is 17.4. The van der Waals surface area contributed by atoms with E-state index in [1.807, 2.05) is 25.1 Å². The molecule has 7 nitrogen and oxygen atoms in total. The lowest BCUT2D eigenvalue weighted by atomic mass is 9.64. The summed E-state index contributed by atoms with van der Waals surface area (Å²) in [6, 6.07) is 15.5. The van der Waals surface area contributed by atoms with Gasteiger partial charge in [-0.05, 0) is 55.7 Å². The van der Waals surface area contributed by atoms with Crippen LogP contribution < -0.4 is 14.2 Å². The van der Waals surface area contributed by atoms with Crippen molar-refractivity contribution in [3.8, 4) is 11.5 Å². The number of nitrogens with zero attached hydrogens (tertiary/aromatic N) is 1. The van der Waals surface area contributed by atoms with Crippen LogP contribution in [0, 0.1) is 0 Å². The Bertz CT molecular complexity index is 1350. The van der Waals surface area contributed by atoms with Gasteiger partial charge in [0, 0.05) is 24.2 Å². The number of aromatic nitrogens is 1. The van der Waals surface area contributed by atoms with E-state index in [0.717, 1.165) is 36.1 Å². The number of fused-ring (bicyclic) bond motifs is 2. The average Bonchev–Trinajstić information content (AvgIpc) is 3.11. The predicted molar refractivity (Wildman–Crippen MR) is 128 cm³/mol. The van der Waals surface area contributed by atoms with E-state index in [0.29, 0.717) is 17.9 Å². The van der Waals surface area contributed by atoms with E-state index in [2.05, 4.69) is 9.71 Å². The van der Waals surface area contributed by atoms with Crippen LogP contribution in [-0.4, -0.2) is 26.3 Å². The number of hydrogen-bond acceptors (Lipinski definition) is 6. The van der Waals surface area contributed by atoms with E-state index in [1.165, 1.54) is 13.2 Å². The molecule has 2 aliphatic carbocycles. The summed E-state index contributed by atoms with van der Waals surface area (Å²) in [6.07, 6.45) is 4.14. The molecule has 34 heavy (non-hydrogen) atoms. The van der Waals surface area contributed by atoms with Gasteiger partial charge in [0.05, 0.1) is 23.9 Å². The minimum absolute atomic E-state index is 0.0387. The summed E-state index contributed by atoms with van der Waals surface area (Å²) in [5, 5.41) is 0. The van der Waals surface area contributed by atoms with Crippen LogP contribution >= 0.6 is 0 Å². The number of ether oxygens (including phenoxy) is 2. The zero-order valence-electron chi connectivity index (χ0n) is 19.1. The summed E-state index contributed by atoms with van der Waals surface area (Å²) in [5.74, 6) is 0.932. The molecule has 1 heterocycles. The van der Waals surface area contributed by atoms with Crippen LogP contribution in [-0.2, 0) is 26.7 Å². The van der Waals surface area contributed by atoms with Gasteiger partial charge in [-0.25, -0.2) is 8.42 Å². The van der Waals surface area contributed by atoms with Crippen molar-refractivity contribution in [2.75, 3.05) is 11.8 Å². The first-order valence-electron chi connectivity index (χ1n) is 11.3. The van der Waals surface area contributed by atoms with Crippen molar-refractivity contribution in [1.29, 1.82) is 0 Å². The fraction of sp³-hybridized carbons (Fsp3) is 0.308. The molecule has 8 heteroatoms. The van der Waals surface area contributed by atoms with E-state index in [9.17, 15) is 13.2 Å². The zero-order chi connectivity index (χ0) is 23.9. The number of nitrogens with one attached hydrogen (secondary N) is 1. The first kappa shape index (κ1) is 22.4. The predicted octanol–water partition coefficient (Wildman–Crippen LogP) is 4.58. The smallest absolute Gasteiger partial charge is 0.265 e.